The first kappa shape index (κ1) is 14.2. The highest BCUT2D eigenvalue weighted by molar-refractivity contribution is 9.10. The number of aliphatic carboxylic acids is 1. The van der Waals surface area contributed by atoms with Crippen LogP contribution in [0.15, 0.2) is 10.5 Å². The molecule has 104 valence electrons. The number of carbonyl (C=O) groups is 1. The number of hydrogen-bond acceptors (Lipinski definition) is 3. The van der Waals surface area contributed by atoms with Gasteiger partial charge < -0.3 is 14.6 Å². The van der Waals surface area contributed by atoms with Crippen LogP contribution in [0.25, 0.3) is 0 Å². The average molecular weight is 329 g/mol. The molecule has 1 saturated carbocycles. The van der Waals surface area contributed by atoms with Crippen molar-refractivity contribution in [3.8, 4) is 11.5 Å². The van der Waals surface area contributed by atoms with E-state index in [9.17, 15) is 9.90 Å². The maximum atomic E-state index is 11.6. The van der Waals surface area contributed by atoms with Crippen LogP contribution in [0.2, 0.25) is 0 Å². The molecule has 1 aromatic carbocycles. The third-order valence-electron chi connectivity index (χ3n) is 3.70. The van der Waals surface area contributed by atoms with Crippen molar-refractivity contribution in [2.75, 3.05) is 14.2 Å². The SMILES string of the molecule is CCc1cc(OC)c(OC)c(C2(C(=O)O)CC2)c1Br. The normalized spacial score (nSPS) is 16.0. The smallest absolute Gasteiger partial charge is 0.314 e. The highest BCUT2D eigenvalue weighted by Gasteiger charge is 2.55. The molecule has 0 unspecified atom stereocenters. The summed E-state index contributed by atoms with van der Waals surface area (Å²) in [6.45, 7) is 2.02. The summed E-state index contributed by atoms with van der Waals surface area (Å²) in [6.07, 6.45) is 2.06. The zero-order valence-electron chi connectivity index (χ0n) is 11.2. The Balaban J connectivity index is 2.73. The zero-order chi connectivity index (χ0) is 14.2. The van der Waals surface area contributed by atoms with Gasteiger partial charge in [0.25, 0.3) is 0 Å². The molecule has 1 aliphatic carbocycles. The lowest BCUT2D eigenvalue weighted by Crippen LogP contribution is -2.21. The molecule has 0 bridgehead atoms. The molecule has 0 aromatic heterocycles. The molecule has 1 aliphatic rings. The summed E-state index contributed by atoms with van der Waals surface area (Å²) in [5.41, 5.74) is 0.904. The summed E-state index contributed by atoms with van der Waals surface area (Å²) in [4.78, 5) is 11.6. The van der Waals surface area contributed by atoms with Gasteiger partial charge in [0.2, 0.25) is 0 Å². The Kier molecular flexibility index (Phi) is 3.76. The molecule has 0 spiro atoms. The summed E-state index contributed by atoms with van der Waals surface area (Å²) < 4.78 is 11.6. The molecule has 1 N–H and O–H groups in total. The number of halogens is 1. The lowest BCUT2D eigenvalue weighted by Gasteiger charge is -2.21. The van der Waals surface area contributed by atoms with Crippen molar-refractivity contribution >= 4 is 21.9 Å². The van der Waals surface area contributed by atoms with E-state index in [4.69, 9.17) is 9.47 Å². The first-order chi connectivity index (χ1) is 9.01. The van der Waals surface area contributed by atoms with Crippen LogP contribution in [-0.2, 0) is 16.6 Å². The van der Waals surface area contributed by atoms with Crippen molar-refractivity contribution in [2.45, 2.75) is 31.6 Å². The first-order valence-corrected chi connectivity index (χ1v) is 6.98. The third-order valence-corrected chi connectivity index (χ3v) is 4.61. The number of benzene rings is 1. The maximum absolute atomic E-state index is 11.6. The number of rotatable bonds is 5. The van der Waals surface area contributed by atoms with E-state index < -0.39 is 11.4 Å². The summed E-state index contributed by atoms with van der Waals surface area (Å²) in [6, 6.07) is 1.89. The Morgan fingerprint density at radius 2 is 2.05 bits per heavy atom. The fourth-order valence-electron chi connectivity index (χ4n) is 2.41. The van der Waals surface area contributed by atoms with E-state index in [-0.39, 0.29) is 0 Å². The molecule has 0 aliphatic heterocycles. The fraction of sp³-hybridized carbons (Fsp3) is 0.500. The largest absolute Gasteiger partial charge is 0.493 e. The number of carboxylic acids is 1. The Bertz CT molecular complexity index is 521. The molecule has 5 heteroatoms. The summed E-state index contributed by atoms with van der Waals surface area (Å²) in [7, 11) is 3.10. The van der Waals surface area contributed by atoms with Crippen molar-refractivity contribution in [2.24, 2.45) is 0 Å². The van der Waals surface area contributed by atoms with Gasteiger partial charge in [-0.1, -0.05) is 22.9 Å². The maximum Gasteiger partial charge on any atom is 0.314 e. The number of hydrogen-bond donors (Lipinski definition) is 1. The van der Waals surface area contributed by atoms with Crippen LogP contribution in [0.3, 0.4) is 0 Å². The van der Waals surface area contributed by atoms with Crippen LogP contribution in [-0.4, -0.2) is 25.3 Å². The quantitative estimate of drug-likeness (QED) is 0.902. The molecule has 19 heavy (non-hydrogen) atoms. The van der Waals surface area contributed by atoms with Crippen molar-refractivity contribution in [3.05, 3.63) is 21.7 Å². The lowest BCUT2D eigenvalue weighted by molar-refractivity contribution is -0.140. The average Bonchev–Trinajstić information content (AvgIpc) is 3.19. The lowest BCUT2D eigenvalue weighted by atomic mass is 9.92. The fourth-order valence-corrected chi connectivity index (χ4v) is 3.36. The molecule has 0 radical (unpaired) electrons. The standard InChI is InChI=1S/C14H17BrO4/c1-4-8-7-9(18-2)12(19-3)10(11(8)15)14(5-6-14)13(16)17/h7H,4-6H2,1-3H3,(H,16,17). The van der Waals surface area contributed by atoms with Crippen LogP contribution in [0, 0.1) is 0 Å². The Morgan fingerprint density at radius 1 is 1.42 bits per heavy atom. The van der Waals surface area contributed by atoms with Crippen molar-refractivity contribution in [1.82, 2.24) is 0 Å². The van der Waals surface area contributed by atoms with Gasteiger partial charge in [-0.05, 0) is 30.9 Å². The van der Waals surface area contributed by atoms with Crippen molar-refractivity contribution < 1.29 is 19.4 Å². The van der Waals surface area contributed by atoms with E-state index >= 15 is 0 Å². The van der Waals surface area contributed by atoms with Gasteiger partial charge in [-0.2, -0.15) is 0 Å². The van der Waals surface area contributed by atoms with Crippen molar-refractivity contribution in [1.29, 1.82) is 0 Å². The predicted octanol–water partition coefficient (Wildman–Crippen LogP) is 3.14. The highest BCUT2D eigenvalue weighted by Crippen LogP contribution is 2.56. The molecule has 1 aromatic rings. The van der Waals surface area contributed by atoms with Gasteiger partial charge in [-0.3, -0.25) is 4.79 Å². The van der Waals surface area contributed by atoms with E-state index in [0.717, 1.165) is 16.5 Å². The second-order valence-corrected chi connectivity index (χ2v) is 5.49. The van der Waals surface area contributed by atoms with Gasteiger partial charge in [0.05, 0.1) is 19.6 Å². The minimum Gasteiger partial charge on any atom is -0.493 e. The van der Waals surface area contributed by atoms with E-state index in [0.29, 0.717) is 29.9 Å². The summed E-state index contributed by atoms with van der Waals surface area (Å²) in [5.74, 6) is 0.304. The molecular formula is C14H17BrO4. The van der Waals surface area contributed by atoms with E-state index in [1.165, 1.54) is 7.11 Å². The van der Waals surface area contributed by atoms with Crippen LogP contribution >= 0.6 is 15.9 Å². The molecule has 4 nitrogen and oxygen atoms in total. The number of aryl methyl sites for hydroxylation is 1. The molecule has 0 atom stereocenters. The Labute approximate surface area is 120 Å². The summed E-state index contributed by atoms with van der Waals surface area (Å²) in [5, 5.41) is 9.51. The third kappa shape index (κ3) is 2.10. The first-order valence-electron chi connectivity index (χ1n) is 6.19. The van der Waals surface area contributed by atoms with Crippen LogP contribution in [0.1, 0.15) is 30.9 Å². The van der Waals surface area contributed by atoms with Gasteiger partial charge in [-0.15, -0.1) is 0 Å². The molecule has 0 amide bonds. The molecule has 1 fully saturated rings. The van der Waals surface area contributed by atoms with E-state index in [1.54, 1.807) is 7.11 Å². The minimum atomic E-state index is -0.831. The van der Waals surface area contributed by atoms with E-state index in [2.05, 4.69) is 15.9 Å². The molecular weight excluding hydrogens is 312 g/mol. The van der Waals surface area contributed by atoms with Gasteiger partial charge in [-0.25, -0.2) is 0 Å². The van der Waals surface area contributed by atoms with Crippen LogP contribution in [0.5, 0.6) is 11.5 Å². The topological polar surface area (TPSA) is 55.8 Å². The Hall–Kier alpha value is -1.23. The predicted molar refractivity (Wildman–Crippen MR) is 75.2 cm³/mol. The van der Waals surface area contributed by atoms with Crippen LogP contribution in [0.4, 0.5) is 0 Å². The number of carboxylic acid groups (broad SMARTS) is 1. The molecule has 0 heterocycles. The second kappa shape index (κ2) is 5.04. The zero-order valence-corrected chi connectivity index (χ0v) is 12.8. The summed E-state index contributed by atoms with van der Waals surface area (Å²) >= 11 is 3.54. The van der Waals surface area contributed by atoms with Gasteiger partial charge >= 0.3 is 5.97 Å². The Morgan fingerprint density at radius 3 is 2.42 bits per heavy atom. The minimum absolute atomic E-state index is 0.520. The van der Waals surface area contributed by atoms with Gasteiger partial charge in [0, 0.05) is 10.0 Å². The van der Waals surface area contributed by atoms with Crippen molar-refractivity contribution in [3.63, 3.8) is 0 Å². The monoisotopic (exact) mass is 328 g/mol. The van der Waals surface area contributed by atoms with Gasteiger partial charge in [0.15, 0.2) is 11.5 Å². The van der Waals surface area contributed by atoms with Crippen LogP contribution < -0.4 is 9.47 Å². The number of methoxy groups -OCH3 is 2. The second-order valence-electron chi connectivity index (χ2n) is 4.70. The highest BCUT2D eigenvalue weighted by atomic mass is 79.9. The van der Waals surface area contributed by atoms with E-state index in [1.807, 2.05) is 13.0 Å². The number of ether oxygens (including phenoxy) is 2. The molecule has 2 rings (SSSR count). The molecule has 0 saturated heterocycles. The van der Waals surface area contributed by atoms with Gasteiger partial charge in [0.1, 0.15) is 0 Å².